The van der Waals surface area contributed by atoms with Gasteiger partial charge in [0.25, 0.3) is 0 Å². The first kappa shape index (κ1) is 20.0. The van der Waals surface area contributed by atoms with E-state index >= 15 is 0 Å². The first-order chi connectivity index (χ1) is 14.1. The van der Waals surface area contributed by atoms with Gasteiger partial charge in [-0.3, -0.25) is 4.79 Å². The van der Waals surface area contributed by atoms with Gasteiger partial charge in [-0.15, -0.1) is 0 Å². The van der Waals surface area contributed by atoms with E-state index in [1.54, 1.807) is 30.3 Å². The van der Waals surface area contributed by atoms with Crippen molar-refractivity contribution < 1.29 is 23.8 Å². The molecule has 3 aromatic rings. The van der Waals surface area contributed by atoms with Gasteiger partial charge in [0.15, 0.2) is 0 Å². The molecule has 3 rings (SSSR count). The summed E-state index contributed by atoms with van der Waals surface area (Å²) in [4.78, 5) is 14.7. The number of carbonyl (C=O) groups excluding carboxylic acids is 1. The van der Waals surface area contributed by atoms with Crippen LogP contribution in [-0.4, -0.2) is 42.9 Å². The first-order valence-electron chi connectivity index (χ1n) is 8.73. The smallest absolute Gasteiger partial charge is 0.233 e. The maximum Gasteiger partial charge on any atom is 0.233 e. The molecule has 1 amide bonds. The van der Waals surface area contributed by atoms with E-state index in [4.69, 9.17) is 9.47 Å². The third-order valence-electron chi connectivity index (χ3n) is 4.23. The van der Waals surface area contributed by atoms with Crippen molar-refractivity contribution in [2.75, 3.05) is 20.3 Å². The Bertz CT molecular complexity index is 1080. The number of aliphatic hydroxyl groups excluding tert-OH is 1. The molecule has 0 aliphatic carbocycles. The lowest BCUT2D eigenvalue weighted by Crippen LogP contribution is -2.30. The van der Waals surface area contributed by atoms with Crippen LogP contribution < -0.4 is 14.8 Å². The summed E-state index contributed by atoms with van der Waals surface area (Å²) in [5, 5.41) is 22.6. The standard InChI is InChI=1S/C21H18FN3O4/c1-28-16-5-6-19-17(8-16)20(13-3-2-4-14(22)7-13)18(9-23)21(25-19)29-11-15(27)10-24-12-26/h2-8,12,15,27H,10-11H2,1H3,(H,24,26). The summed E-state index contributed by atoms with van der Waals surface area (Å²) < 4.78 is 24.7. The van der Waals surface area contributed by atoms with Crippen molar-refractivity contribution in [1.82, 2.24) is 10.3 Å². The third kappa shape index (κ3) is 4.42. The van der Waals surface area contributed by atoms with E-state index in [0.29, 0.717) is 34.2 Å². The van der Waals surface area contributed by atoms with Crippen molar-refractivity contribution in [2.24, 2.45) is 0 Å². The summed E-state index contributed by atoms with van der Waals surface area (Å²) in [5.74, 6) is 0.122. The fraction of sp³-hybridized carbons (Fsp3) is 0.190. The van der Waals surface area contributed by atoms with Gasteiger partial charge >= 0.3 is 0 Å². The first-order valence-corrected chi connectivity index (χ1v) is 8.73. The summed E-state index contributed by atoms with van der Waals surface area (Å²) in [7, 11) is 1.52. The number of halogens is 1. The molecule has 0 fully saturated rings. The SMILES string of the molecule is COc1ccc2nc(OCC(O)CNC=O)c(C#N)c(-c3cccc(F)c3)c2c1. The highest BCUT2D eigenvalue weighted by Crippen LogP contribution is 2.37. The van der Waals surface area contributed by atoms with Gasteiger partial charge in [0.2, 0.25) is 12.3 Å². The second-order valence-electron chi connectivity index (χ2n) is 6.16. The summed E-state index contributed by atoms with van der Waals surface area (Å²) in [5.41, 5.74) is 1.55. The van der Waals surface area contributed by atoms with Crippen molar-refractivity contribution in [3.63, 3.8) is 0 Å². The fourth-order valence-electron chi connectivity index (χ4n) is 2.92. The van der Waals surface area contributed by atoms with E-state index in [9.17, 15) is 19.6 Å². The molecule has 0 saturated carbocycles. The zero-order valence-corrected chi connectivity index (χ0v) is 15.6. The normalized spacial score (nSPS) is 11.5. The quantitative estimate of drug-likeness (QED) is 0.568. The van der Waals surface area contributed by atoms with Crippen LogP contribution in [-0.2, 0) is 4.79 Å². The minimum absolute atomic E-state index is 0.00702. The van der Waals surface area contributed by atoms with Crippen molar-refractivity contribution in [1.29, 1.82) is 5.26 Å². The summed E-state index contributed by atoms with van der Waals surface area (Å²) in [6.07, 6.45) is -0.522. The fourth-order valence-corrected chi connectivity index (χ4v) is 2.92. The summed E-state index contributed by atoms with van der Waals surface area (Å²) in [6.45, 7) is -0.195. The number of pyridine rings is 1. The van der Waals surface area contributed by atoms with Gasteiger partial charge < -0.3 is 19.9 Å². The Labute approximate surface area is 166 Å². The molecule has 8 heteroatoms. The number of nitrogens with zero attached hydrogens (tertiary/aromatic N) is 2. The van der Waals surface area contributed by atoms with E-state index in [2.05, 4.69) is 16.4 Å². The van der Waals surface area contributed by atoms with E-state index in [1.165, 1.54) is 19.2 Å². The number of ether oxygens (including phenoxy) is 2. The van der Waals surface area contributed by atoms with Crippen LogP contribution in [0, 0.1) is 17.1 Å². The highest BCUT2D eigenvalue weighted by molar-refractivity contribution is 5.99. The number of amides is 1. The lowest BCUT2D eigenvalue weighted by molar-refractivity contribution is -0.110. The molecule has 1 aromatic heterocycles. The average molecular weight is 395 g/mol. The van der Waals surface area contributed by atoms with Gasteiger partial charge in [-0.25, -0.2) is 9.37 Å². The number of benzene rings is 2. The van der Waals surface area contributed by atoms with Gasteiger partial charge in [0.1, 0.15) is 35.9 Å². The van der Waals surface area contributed by atoms with Crippen LogP contribution in [0.3, 0.4) is 0 Å². The maximum atomic E-state index is 13.9. The van der Waals surface area contributed by atoms with Crippen LogP contribution in [0.2, 0.25) is 0 Å². The molecular weight excluding hydrogens is 377 g/mol. The van der Waals surface area contributed by atoms with Crippen LogP contribution in [0.4, 0.5) is 4.39 Å². The van der Waals surface area contributed by atoms with Crippen LogP contribution in [0.25, 0.3) is 22.0 Å². The third-order valence-corrected chi connectivity index (χ3v) is 4.23. The van der Waals surface area contributed by atoms with Crippen molar-refractivity contribution in [3.05, 3.63) is 53.8 Å². The minimum Gasteiger partial charge on any atom is -0.497 e. The Morgan fingerprint density at radius 3 is 2.86 bits per heavy atom. The van der Waals surface area contributed by atoms with Crippen LogP contribution in [0.15, 0.2) is 42.5 Å². The Kier molecular flexibility index (Phi) is 6.22. The maximum absolute atomic E-state index is 13.9. The molecule has 0 bridgehead atoms. The predicted molar refractivity (Wildman–Crippen MR) is 104 cm³/mol. The number of aromatic nitrogens is 1. The van der Waals surface area contributed by atoms with E-state index in [0.717, 1.165) is 0 Å². The van der Waals surface area contributed by atoms with Gasteiger partial charge in [-0.2, -0.15) is 5.26 Å². The molecule has 0 aliphatic heterocycles. The number of aliphatic hydroxyl groups is 1. The second-order valence-corrected chi connectivity index (χ2v) is 6.16. The molecule has 2 N–H and O–H groups in total. The lowest BCUT2D eigenvalue weighted by Gasteiger charge is -2.16. The highest BCUT2D eigenvalue weighted by Gasteiger charge is 2.20. The zero-order valence-electron chi connectivity index (χ0n) is 15.6. The van der Waals surface area contributed by atoms with Crippen molar-refractivity contribution >= 4 is 17.3 Å². The van der Waals surface area contributed by atoms with Gasteiger partial charge in [0, 0.05) is 17.5 Å². The van der Waals surface area contributed by atoms with Gasteiger partial charge in [-0.05, 0) is 35.9 Å². The number of hydrogen-bond donors (Lipinski definition) is 2. The Hall–Kier alpha value is -3.70. The predicted octanol–water partition coefficient (Wildman–Crippen LogP) is 2.41. The molecule has 1 atom stereocenters. The lowest BCUT2D eigenvalue weighted by atomic mass is 9.96. The summed E-state index contributed by atoms with van der Waals surface area (Å²) in [6, 6.07) is 13.1. The number of hydrogen-bond acceptors (Lipinski definition) is 6. The largest absolute Gasteiger partial charge is 0.497 e. The Morgan fingerprint density at radius 1 is 1.34 bits per heavy atom. The average Bonchev–Trinajstić information content (AvgIpc) is 2.74. The molecule has 148 valence electrons. The molecule has 0 aliphatic rings. The Balaban J connectivity index is 2.15. The number of nitriles is 1. The van der Waals surface area contributed by atoms with E-state index in [-0.39, 0.29) is 24.6 Å². The van der Waals surface area contributed by atoms with E-state index < -0.39 is 11.9 Å². The van der Waals surface area contributed by atoms with Gasteiger partial charge in [0.05, 0.1) is 12.6 Å². The number of rotatable bonds is 8. The highest BCUT2D eigenvalue weighted by atomic mass is 19.1. The molecule has 1 unspecified atom stereocenters. The molecule has 2 aromatic carbocycles. The van der Waals surface area contributed by atoms with E-state index in [1.807, 2.05) is 0 Å². The molecule has 0 spiro atoms. The van der Waals surface area contributed by atoms with Crippen LogP contribution >= 0.6 is 0 Å². The molecular formula is C21H18FN3O4. The molecule has 0 radical (unpaired) electrons. The molecule has 0 saturated heterocycles. The van der Waals surface area contributed by atoms with Crippen molar-refractivity contribution in [3.8, 4) is 28.8 Å². The zero-order chi connectivity index (χ0) is 20.8. The number of fused-ring (bicyclic) bond motifs is 1. The van der Waals surface area contributed by atoms with Crippen LogP contribution in [0.5, 0.6) is 11.6 Å². The number of methoxy groups -OCH3 is 1. The molecule has 29 heavy (non-hydrogen) atoms. The molecule has 7 nitrogen and oxygen atoms in total. The van der Waals surface area contributed by atoms with Crippen molar-refractivity contribution in [2.45, 2.75) is 6.10 Å². The van der Waals surface area contributed by atoms with Crippen LogP contribution in [0.1, 0.15) is 5.56 Å². The Morgan fingerprint density at radius 2 is 2.17 bits per heavy atom. The second kappa shape index (κ2) is 8.99. The molecule has 1 heterocycles. The minimum atomic E-state index is -0.988. The topological polar surface area (TPSA) is 104 Å². The number of carbonyl (C=O) groups is 1. The monoisotopic (exact) mass is 395 g/mol. The number of nitrogens with one attached hydrogen (secondary N) is 1. The van der Waals surface area contributed by atoms with Gasteiger partial charge in [-0.1, -0.05) is 12.1 Å². The summed E-state index contributed by atoms with van der Waals surface area (Å²) >= 11 is 0.